The molecule has 0 fully saturated rings. The molecule has 0 aliphatic heterocycles. The summed E-state index contributed by atoms with van der Waals surface area (Å²) < 4.78 is 5.84. The van der Waals surface area contributed by atoms with Crippen LogP contribution in [0.15, 0.2) is 18.2 Å². The zero-order chi connectivity index (χ0) is 15.0. The number of hydrogen-bond acceptors (Lipinski definition) is 2. The van der Waals surface area contributed by atoms with Crippen molar-refractivity contribution >= 4 is 0 Å². The Kier molecular flexibility index (Phi) is 7.68. The molecule has 0 radical (unpaired) electrons. The molecule has 1 aromatic rings. The summed E-state index contributed by atoms with van der Waals surface area (Å²) in [5, 5.41) is 3.53. The lowest BCUT2D eigenvalue weighted by molar-refractivity contribution is 0.301. The van der Waals surface area contributed by atoms with Gasteiger partial charge in [-0.05, 0) is 45.7 Å². The first-order valence-corrected chi connectivity index (χ1v) is 8.08. The predicted octanol–water partition coefficient (Wildman–Crippen LogP) is 4.87. The number of nitrogens with one attached hydrogen (secondary N) is 1. The molecule has 2 nitrogen and oxygen atoms in total. The Morgan fingerprint density at radius 2 is 1.75 bits per heavy atom. The van der Waals surface area contributed by atoms with Gasteiger partial charge in [0.05, 0.1) is 6.61 Å². The van der Waals surface area contributed by atoms with Gasteiger partial charge in [0, 0.05) is 11.6 Å². The molecule has 0 aliphatic rings. The summed E-state index contributed by atoms with van der Waals surface area (Å²) in [4.78, 5) is 0. The van der Waals surface area contributed by atoms with Gasteiger partial charge in [-0.25, -0.2) is 0 Å². The summed E-state index contributed by atoms with van der Waals surface area (Å²) in [6.07, 6.45) is 5.00. The van der Waals surface area contributed by atoms with Gasteiger partial charge < -0.3 is 10.1 Å². The van der Waals surface area contributed by atoms with E-state index in [2.05, 4.69) is 51.3 Å². The average molecular weight is 277 g/mol. The van der Waals surface area contributed by atoms with Crippen LogP contribution >= 0.6 is 0 Å². The molecule has 0 saturated carbocycles. The van der Waals surface area contributed by atoms with E-state index in [1.807, 2.05) is 6.92 Å². The molecule has 0 bridgehead atoms. The maximum atomic E-state index is 5.84. The summed E-state index contributed by atoms with van der Waals surface area (Å²) >= 11 is 0. The number of aryl methyl sites for hydroxylation is 1. The normalized spacial score (nSPS) is 12.7. The number of ether oxygens (including phenoxy) is 1. The van der Waals surface area contributed by atoms with Crippen LogP contribution in [0, 0.1) is 12.8 Å². The van der Waals surface area contributed by atoms with Crippen molar-refractivity contribution in [2.75, 3.05) is 13.7 Å². The van der Waals surface area contributed by atoms with Crippen LogP contribution < -0.4 is 10.1 Å². The highest BCUT2D eigenvalue weighted by atomic mass is 16.5. The Morgan fingerprint density at radius 1 is 1.10 bits per heavy atom. The number of rotatable bonds is 9. The van der Waals surface area contributed by atoms with Crippen molar-refractivity contribution in [3.8, 4) is 5.75 Å². The Balaban J connectivity index is 3.10. The molecule has 114 valence electrons. The van der Waals surface area contributed by atoms with Crippen LogP contribution in [-0.2, 0) is 0 Å². The van der Waals surface area contributed by atoms with Gasteiger partial charge in [-0.15, -0.1) is 0 Å². The van der Waals surface area contributed by atoms with Gasteiger partial charge in [-0.2, -0.15) is 0 Å². The highest BCUT2D eigenvalue weighted by Gasteiger charge is 2.23. The van der Waals surface area contributed by atoms with Gasteiger partial charge >= 0.3 is 0 Å². The fourth-order valence-electron chi connectivity index (χ4n) is 3.06. The van der Waals surface area contributed by atoms with E-state index < -0.39 is 0 Å². The average Bonchev–Trinajstić information content (AvgIpc) is 2.43. The van der Waals surface area contributed by atoms with Crippen LogP contribution in [0.1, 0.15) is 63.6 Å². The van der Waals surface area contributed by atoms with E-state index in [4.69, 9.17) is 4.74 Å². The zero-order valence-electron chi connectivity index (χ0n) is 13.8. The van der Waals surface area contributed by atoms with Crippen LogP contribution in [0.4, 0.5) is 0 Å². The van der Waals surface area contributed by atoms with Crippen LogP contribution in [0.5, 0.6) is 5.75 Å². The summed E-state index contributed by atoms with van der Waals surface area (Å²) in [7, 11) is 2.07. The third-order valence-electron chi connectivity index (χ3n) is 3.90. The van der Waals surface area contributed by atoms with Gasteiger partial charge in [0.2, 0.25) is 0 Å². The molecule has 0 saturated heterocycles. The molecular weight excluding hydrogens is 246 g/mol. The van der Waals surface area contributed by atoms with Crippen molar-refractivity contribution in [3.05, 3.63) is 29.3 Å². The zero-order valence-corrected chi connectivity index (χ0v) is 13.8. The third-order valence-corrected chi connectivity index (χ3v) is 3.90. The van der Waals surface area contributed by atoms with Crippen molar-refractivity contribution in [2.45, 2.75) is 59.4 Å². The van der Waals surface area contributed by atoms with E-state index in [9.17, 15) is 0 Å². The van der Waals surface area contributed by atoms with Crippen molar-refractivity contribution in [2.24, 2.45) is 5.92 Å². The Bertz CT molecular complexity index is 383. The topological polar surface area (TPSA) is 21.3 Å². The molecule has 0 amide bonds. The van der Waals surface area contributed by atoms with Crippen LogP contribution in [0.2, 0.25) is 0 Å². The van der Waals surface area contributed by atoms with E-state index >= 15 is 0 Å². The third kappa shape index (κ3) is 4.52. The molecule has 0 spiro atoms. The minimum Gasteiger partial charge on any atom is -0.494 e. The van der Waals surface area contributed by atoms with Crippen molar-refractivity contribution in [3.63, 3.8) is 0 Å². The predicted molar refractivity (Wildman–Crippen MR) is 87.5 cm³/mol. The maximum absolute atomic E-state index is 5.84. The molecule has 0 heterocycles. The van der Waals surface area contributed by atoms with E-state index in [0.29, 0.717) is 12.0 Å². The molecular formula is C18H31NO. The Labute approximate surface area is 124 Å². The molecule has 0 aliphatic carbocycles. The van der Waals surface area contributed by atoms with Crippen molar-refractivity contribution < 1.29 is 4.74 Å². The Hall–Kier alpha value is -1.02. The van der Waals surface area contributed by atoms with Crippen LogP contribution in [0.3, 0.4) is 0 Å². The monoisotopic (exact) mass is 277 g/mol. The molecule has 1 N–H and O–H groups in total. The molecule has 1 rings (SSSR count). The minimum absolute atomic E-state index is 0.386. The second kappa shape index (κ2) is 9.02. The summed E-state index contributed by atoms with van der Waals surface area (Å²) in [6, 6.07) is 6.92. The fourth-order valence-corrected chi connectivity index (χ4v) is 3.06. The molecule has 1 aromatic carbocycles. The van der Waals surface area contributed by atoms with E-state index in [1.165, 1.54) is 36.8 Å². The van der Waals surface area contributed by atoms with Gasteiger partial charge in [0.15, 0.2) is 0 Å². The number of benzene rings is 1. The molecule has 2 heteroatoms. The molecule has 1 atom stereocenters. The van der Waals surface area contributed by atoms with Gasteiger partial charge in [-0.3, -0.25) is 0 Å². The first kappa shape index (κ1) is 17.0. The van der Waals surface area contributed by atoms with E-state index in [1.54, 1.807) is 0 Å². The second-order valence-corrected chi connectivity index (χ2v) is 5.58. The first-order valence-electron chi connectivity index (χ1n) is 8.08. The smallest absolute Gasteiger partial charge is 0.124 e. The molecule has 1 unspecified atom stereocenters. The summed E-state index contributed by atoms with van der Waals surface area (Å²) in [6.45, 7) is 9.47. The number of hydrogen-bond donors (Lipinski definition) is 1. The van der Waals surface area contributed by atoms with Crippen LogP contribution in [0.25, 0.3) is 0 Å². The minimum atomic E-state index is 0.386. The fraction of sp³-hybridized carbons (Fsp3) is 0.667. The lowest BCUT2D eigenvalue weighted by Gasteiger charge is -2.28. The standard InChI is InChI=1S/C18H31NO/c1-6-9-15(10-7-2)18(19-5)16-13-14(4)11-12-17(16)20-8-3/h11-13,15,18-19H,6-10H2,1-5H3. The van der Waals surface area contributed by atoms with E-state index in [0.717, 1.165) is 12.4 Å². The quantitative estimate of drug-likeness (QED) is 0.695. The highest BCUT2D eigenvalue weighted by Crippen LogP contribution is 2.35. The van der Waals surface area contributed by atoms with Gasteiger partial charge in [0.1, 0.15) is 5.75 Å². The lowest BCUT2D eigenvalue weighted by Crippen LogP contribution is -2.26. The van der Waals surface area contributed by atoms with Crippen LogP contribution in [-0.4, -0.2) is 13.7 Å². The SMILES string of the molecule is CCCC(CCC)C(NC)c1cc(C)ccc1OCC. The highest BCUT2D eigenvalue weighted by molar-refractivity contribution is 5.39. The molecule has 0 aromatic heterocycles. The summed E-state index contributed by atoms with van der Waals surface area (Å²) in [5.74, 6) is 1.71. The summed E-state index contributed by atoms with van der Waals surface area (Å²) in [5.41, 5.74) is 2.62. The maximum Gasteiger partial charge on any atom is 0.124 e. The first-order chi connectivity index (χ1) is 9.67. The van der Waals surface area contributed by atoms with Gasteiger partial charge in [0.25, 0.3) is 0 Å². The van der Waals surface area contributed by atoms with Crippen molar-refractivity contribution in [1.82, 2.24) is 5.32 Å². The largest absolute Gasteiger partial charge is 0.494 e. The van der Waals surface area contributed by atoms with Crippen molar-refractivity contribution in [1.29, 1.82) is 0 Å². The van der Waals surface area contributed by atoms with E-state index in [-0.39, 0.29) is 0 Å². The Morgan fingerprint density at radius 3 is 2.25 bits per heavy atom. The van der Waals surface area contributed by atoms with Gasteiger partial charge in [-0.1, -0.05) is 44.4 Å². The molecule has 20 heavy (non-hydrogen) atoms. The second-order valence-electron chi connectivity index (χ2n) is 5.58. The lowest BCUT2D eigenvalue weighted by atomic mass is 9.85.